The quantitative estimate of drug-likeness (QED) is 0.848. The van der Waals surface area contributed by atoms with Crippen LogP contribution in [-0.4, -0.2) is 20.9 Å². The monoisotopic (exact) mass is 254 g/mol. The number of benzene rings is 1. The normalized spacial score (nSPS) is 10.7. The van der Waals surface area contributed by atoms with E-state index < -0.39 is 5.97 Å². The van der Waals surface area contributed by atoms with E-state index in [9.17, 15) is 4.79 Å². The van der Waals surface area contributed by atoms with Crippen molar-refractivity contribution < 1.29 is 9.90 Å². The molecule has 0 saturated carbocycles. The van der Waals surface area contributed by atoms with Crippen molar-refractivity contribution in [3.63, 3.8) is 0 Å². The van der Waals surface area contributed by atoms with E-state index in [-0.39, 0.29) is 5.56 Å². The molecule has 0 aliphatic carbocycles. The summed E-state index contributed by atoms with van der Waals surface area (Å²) in [4.78, 5) is 10.7. The van der Waals surface area contributed by atoms with Crippen molar-refractivity contribution in [2.24, 2.45) is 7.05 Å². The van der Waals surface area contributed by atoms with E-state index in [0.717, 1.165) is 15.5 Å². The maximum Gasteiger partial charge on any atom is 0.335 e. The van der Waals surface area contributed by atoms with E-state index in [1.165, 1.54) is 0 Å². The maximum atomic E-state index is 10.7. The zero-order valence-electron chi connectivity index (χ0n) is 7.36. The highest BCUT2D eigenvalue weighted by Gasteiger charge is 2.09. The second-order valence-electron chi connectivity index (χ2n) is 2.95. The molecule has 1 heterocycles. The van der Waals surface area contributed by atoms with E-state index in [1.807, 2.05) is 0 Å². The molecule has 2 aromatic rings. The molecule has 72 valence electrons. The van der Waals surface area contributed by atoms with Gasteiger partial charge in [0.2, 0.25) is 0 Å². The Labute approximate surface area is 88.3 Å². The first-order valence-corrected chi connectivity index (χ1v) is 4.74. The molecule has 2 rings (SSSR count). The Kier molecular flexibility index (Phi) is 2.03. The second-order valence-corrected chi connectivity index (χ2v) is 3.70. The zero-order valence-corrected chi connectivity index (χ0v) is 8.95. The van der Waals surface area contributed by atoms with Crippen LogP contribution in [0.2, 0.25) is 0 Å². The molecular weight excluding hydrogens is 248 g/mol. The highest BCUT2D eigenvalue weighted by Crippen LogP contribution is 2.23. The summed E-state index contributed by atoms with van der Waals surface area (Å²) in [6.07, 6.45) is 0. The van der Waals surface area contributed by atoms with E-state index in [2.05, 4.69) is 21.0 Å². The van der Waals surface area contributed by atoms with Crippen molar-refractivity contribution in [2.75, 3.05) is 0 Å². The Morgan fingerprint density at radius 2 is 2.29 bits per heavy atom. The molecule has 0 saturated heterocycles. The third-order valence-corrected chi connectivity index (χ3v) is 2.95. The molecular formula is C9H7BrN2O2. The van der Waals surface area contributed by atoms with Gasteiger partial charge in [0.25, 0.3) is 0 Å². The van der Waals surface area contributed by atoms with Gasteiger partial charge in [0, 0.05) is 12.4 Å². The molecule has 4 nitrogen and oxygen atoms in total. The van der Waals surface area contributed by atoms with Gasteiger partial charge in [-0.05, 0) is 34.1 Å². The molecule has 0 amide bonds. The number of aromatic carboxylic acids is 1. The van der Waals surface area contributed by atoms with Crippen LogP contribution >= 0.6 is 15.9 Å². The minimum atomic E-state index is -0.928. The smallest absolute Gasteiger partial charge is 0.335 e. The summed E-state index contributed by atoms with van der Waals surface area (Å²) in [5.41, 5.74) is 1.05. The van der Waals surface area contributed by atoms with Gasteiger partial charge >= 0.3 is 5.97 Å². The van der Waals surface area contributed by atoms with Gasteiger partial charge in [-0.3, -0.25) is 4.68 Å². The van der Waals surface area contributed by atoms with Crippen molar-refractivity contribution in [2.45, 2.75) is 0 Å². The first-order chi connectivity index (χ1) is 6.59. The standard InChI is InChI=1S/C9H7BrN2O2/c1-12-8(10)6-4-5(9(13)14)2-3-7(6)11-12/h2-4H,1H3,(H,13,14). The van der Waals surface area contributed by atoms with Crippen molar-refractivity contribution in [1.82, 2.24) is 9.78 Å². The highest BCUT2D eigenvalue weighted by molar-refractivity contribution is 9.10. The lowest BCUT2D eigenvalue weighted by molar-refractivity contribution is 0.0697. The summed E-state index contributed by atoms with van der Waals surface area (Å²) in [6.45, 7) is 0. The SMILES string of the molecule is Cn1nc2ccc(C(=O)O)cc2c1Br. The number of fused-ring (bicyclic) bond motifs is 1. The molecule has 1 aromatic heterocycles. The number of nitrogens with zero attached hydrogens (tertiary/aromatic N) is 2. The average molecular weight is 255 g/mol. The Morgan fingerprint density at radius 3 is 2.93 bits per heavy atom. The van der Waals surface area contributed by atoms with Crippen molar-refractivity contribution in [3.05, 3.63) is 28.4 Å². The van der Waals surface area contributed by atoms with Crippen LogP contribution in [0.4, 0.5) is 0 Å². The molecule has 0 unspecified atom stereocenters. The predicted octanol–water partition coefficient (Wildman–Crippen LogP) is 2.03. The molecule has 1 N–H and O–H groups in total. The van der Waals surface area contributed by atoms with E-state index in [0.29, 0.717) is 0 Å². The fourth-order valence-corrected chi connectivity index (χ4v) is 1.70. The molecule has 0 spiro atoms. The predicted molar refractivity (Wildman–Crippen MR) is 55.4 cm³/mol. The zero-order chi connectivity index (χ0) is 10.3. The number of halogens is 1. The number of carboxylic acids is 1. The van der Waals surface area contributed by atoms with Gasteiger partial charge in [-0.2, -0.15) is 5.10 Å². The van der Waals surface area contributed by atoms with Crippen molar-refractivity contribution >= 4 is 32.8 Å². The number of hydrogen-bond donors (Lipinski definition) is 1. The molecule has 0 aliphatic heterocycles. The van der Waals surface area contributed by atoms with Crippen LogP contribution < -0.4 is 0 Å². The summed E-state index contributed by atoms with van der Waals surface area (Å²) in [6, 6.07) is 4.85. The van der Waals surface area contributed by atoms with Crippen LogP contribution in [0.3, 0.4) is 0 Å². The van der Waals surface area contributed by atoms with E-state index in [1.54, 1.807) is 29.9 Å². The van der Waals surface area contributed by atoms with Gasteiger partial charge in [-0.15, -0.1) is 0 Å². The lowest BCUT2D eigenvalue weighted by Gasteiger charge is -1.93. The summed E-state index contributed by atoms with van der Waals surface area (Å²) >= 11 is 3.34. The van der Waals surface area contributed by atoms with Gasteiger partial charge in [-0.25, -0.2) is 4.79 Å². The maximum absolute atomic E-state index is 10.7. The Hall–Kier alpha value is -1.36. The Morgan fingerprint density at radius 1 is 1.57 bits per heavy atom. The van der Waals surface area contributed by atoms with Crippen molar-refractivity contribution in [1.29, 1.82) is 0 Å². The summed E-state index contributed by atoms with van der Waals surface area (Å²) < 4.78 is 2.45. The third-order valence-electron chi connectivity index (χ3n) is 2.01. The van der Waals surface area contributed by atoms with Gasteiger partial charge in [0.1, 0.15) is 4.60 Å². The van der Waals surface area contributed by atoms with Gasteiger partial charge < -0.3 is 5.11 Å². The molecule has 5 heteroatoms. The van der Waals surface area contributed by atoms with Crippen molar-refractivity contribution in [3.8, 4) is 0 Å². The molecule has 0 fully saturated rings. The third kappa shape index (κ3) is 1.29. The van der Waals surface area contributed by atoms with E-state index >= 15 is 0 Å². The van der Waals surface area contributed by atoms with Crippen LogP contribution in [0.5, 0.6) is 0 Å². The lowest BCUT2D eigenvalue weighted by atomic mass is 10.2. The minimum absolute atomic E-state index is 0.270. The van der Waals surface area contributed by atoms with Crippen LogP contribution in [-0.2, 0) is 7.05 Å². The number of aromatic nitrogens is 2. The van der Waals surface area contributed by atoms with Gasteiger partial charge in [-0.1, -0.05) is 0 Å². The molecule has 0 radical (unpaired) electrons. The second kappa shape index (κ2) is 3.09. The van der Waals surface area contributed by atoms with Crippen LogP contribution in [0.15, 0.2) is 22.8 Å². The lowest BCUT2D eigenvalue weighted by Crippen LogP contribution is -1.94. The number of hydrogen-bond acceptors (Lipinski definition) is 2. The van der Waals surface area contributed by atoms with Crippen LogP contribution in [0, 0.1) is 0 Å². The molecule has 0 atom stereocenters. The average Bonchev–Trinajstić information content (AvgIpc) is 2.43. The fourth-order valence-electron chi connectivity index (χ4n) is 1.30. The molecule has 1 aromatic carbocycles. The summed E-state index contributed by atoms with van der Waals surface area (Å²) in [7, 11) is 1.80. The summed E-state index contributed by atoms with van der Waals surface area (Å²) in [5, 5.41) is 13.8. The Balaban J connectivity index is 2.76. The largest absolute Gasteiger partial charge is 0.478 e. The summed E-state index contributed by atoms with van der Waals surface area (Å²) in [5.74, 6) is -0.928. The van der Waals surface area contributed by atoms with E-state index in [4.69, 9.17) is 5.11 Å². The topological polar surface area (TPSA) is 55.1 Å². The minimum Gasteiger partial charge on any atom is -0.478 e. The van der Waals surface area contributed by atoms with Gasteiger partial charge in [0.05, 0.1) is 11.1 Å². The van der Waals surface area contributed by atoms with Crippen LogP contribution in [0.1, 0.15) is 10.4 Å². The highest BCUT2D eigenvalue weighted by atomic mass is 79.9. The van der Waals surface area contributed by atoms with Crippen LogP contribution in [0.25, 0.3) is 10.9 Å². The number of carbonyl (C=O) groups is 1. The first kappa shape index (κ1) is 9.21. The number of carboxylic acid groups (broad SMARTS) is 1. The molecule has 0 aliphatic rings. The number of rotatable bonds is 1. The van der Waals surface area contributed by atoms with Gasteiger partial charge in [0.15, 0.2) is 0 Å². The Bertz CT molecular complexity index is 519. The number of aryl methyl sites for hydroxylation is 1. The molecule has 14 heavy (non-hydrogen) atoms. The first-order valence-electron chi connectivity index (χ1n) is 3.95. The fraction of sp³-hybridized carbons (Fsp3) is 0.111. The molecule has 0 bridgehead atoms.